The SMILES string of the molecule is C=CC(=O)n1cc(-c2cc(NS(=O)(=O)CC)ccc2Oc2ccc(F)cc2F)c2ccccc2c1=O. The number of hydrogen-bond acceptors (Lipinski definition) is 5. The summed E-state index contributed by atoms with van der Waals surface area (Å²) in [6, 6.07) is 13.6. The summed E-state index contributed by atoms with van der Waals surface area (Å²) in [7, 11) is -3.64. The summed E-state index contributed by atoms with van der Waals surface area (Å²) in [6.45, 7) is 4.91. The number of nitrogens with one attached hydrogen (secondary N) is 1. The average molecular weight is 511 g/mol. The molecule has 36 heavy (non-hydrogen) atoms. The smallest absolute Gasteiger partial charge is 0.265 e. The van der Waals surface area contributed by atoms with Crippen molar-refractivity contribution in [3.05, 3.63) is 102 Å². The highest BCUT2D eigenvalue weighted by molar-refractivity contribution is 7.92. The number of anilines is 1. The van der Waals surface area contributed by atoms with Crippen LogP contribution in [0.1, 0.15) is 11.7 Å². The van der Waals surface area contributed by atoms with E-state index in [4.69, 9.17) is 4.74 Å². The largest absolute Gasteiger partial charge is 0.454 e. The summed E-state index contributed by atoms with van der Waals surface area (Å²) in [6.07, 6.45) is 2.27. The first kappa shape index (κ1) is 24.8. The van der Waals surface area contributed by atoms with Crippen LogP contribution in [0.3, 0.4) is 0 Å². The molecule has 0 aliphatic carbocycles. The van der Waals surface area contributed by atoms with Crippen LogP contribution in [0.25, 0.3) is 21.9 Å². The van der Waals surface area contributed by atoms with E-state index in [0.29, 0.717) is 17.0 Å². The van der Waals surface area contributed by atoms with Crippen molar-refractivity contribution in [2.75, 3.05) is 10.5 Å². The van der Waals surface area contributed by atoms with Crippen LogP contribution in [0.5, 0.6) is 11.5 Å². The van der Waals surface area contributed by atoms with Gasteiger partial charge in [-0.25, -0.2) is 21.8 Å². The van der Waals surface area contributed by atoms with Crippen molar-refractivity contribution >= 4 is 32.4 Å². The number of carbonyl (C=O) groups is 1. The van der Waals surface area contributed by atoms with Gasteiger partial charge < -0.3 is 4.74 Å². The third kappa shape index (κ3) is 4.89. The van der Waals surface area contributed by atoms with E-state index in [1.54, 1.807) is 18.2 Å². The zero-order valence-corrected chi connectivity index (χ0v) is 19.8. The number of pyridine rings is 1. The summed E-state index contributed by atoms with van der Waals surface area (Å²) >= 11 is 0. The van der Waals surface area contributed by atoms with Gasteiger partial charge in [0.2, 0.25) is 10.0 Å². The van der Waals surface area contributed by atoms with Gasteiger partial charge in [0.05, 0.1) is 5.75 Å². The molecule has 0 atom stereocenters. The lowest BCUT2D eigenvalue weighted by molar-refractivity contribution is 0.0966. The Bertz CT molecular complexity index is 1680. The fraction of sp³-hybridized carbons (Fsp3) is 0.0769. The number of hydrogen-bond donors (Lipinski definition) is 1. The van der Waals surface area contributed by atoms with Crippen molar-refractivity contribution in [1.29, 1.82) is 0 Å². The maximum Gasteiger partial charge on any atom is 0.265 e. The summed E-state index contributed by atoms with van der Waals surface area (Å²) in [4.78, 5) is 25.4. The molecule has 10 heteroatoms. The van der Waals surface area contributed by atoms with Crippen LogP contribution in [0.2, 0.25) is 0 Å². The summed E-state index contributed by atoms with van der Waals surface area (Å²) in [5.74, 6) is -2.80. The van der Waals surface area contributed by atoms with Gasteiger partial charge in [0.25, 0.3) is 11.5 Å². The quantitative estimate of drug-likeness (QED) is 0.339. The fourth-order valence-corrected chi connectivity index (χ4v) is 4.22. The highest BCUT2D eigenvalue weighted by Crippen LogP contribution is 2.39. The van der Waals surface area contributed by atoms with Crippen LogP contribution < -0.4 is 15.0 Å². The number of fused-ring (bicyclic) bond motifs is 1. The molecule has 0 spiro atoms. The molecule has 184 valence electrons. The summed E-state index contributed by atoms with van der Waals surface area (Å²) in [5.41, 5.74) is 0.178. The van der Waals surface area contributed by atoms with Crippen LogP contribution in [0, 0.1) is 11.6 Å². The van der Waals surface area contributed by atoms with Crippen LogP contribution in [0.15, 0.2) is 84.3 Å². The minimum absolute atomic E-state index is 0.0707. The Labute approximate surface area is 205 Å². The normalized spacial score (nSPS) is 11.3. The van der Waals surface area contributed by atoms with Gasteiger partial charge in [0.15, 0.2) is 11.6 Å². The Hall–Kier alpha value is -4.31. The van der Waals surface area contributed by atoms with Gasteiger partial charge in [0, 0.05) is 34.5 Å². The lowest BCUT2D eigenvalue weighted by atomic mass is 9.99. The second-order valence-electron chi connectivity index (χ2n) is 7.70. The Morgan fingerprint density at radius 1 is 1.03 bits per heavy atom. The highest BCUT2D eigenvalue weighted by atomic mass is 32.2. The lowest BCUT2D eigenvalue weighted by Crippen LogP contribution is -2.25. The van der Waals surface area contributed by atoms with Gasteiger partial charge in [-0.05, 0) is 54.8 Å². The molecule has 0 bridgehead atoms. The summed E-state index contributed by atoms with van der Waals surface area (Å²) < 4.78 is 61.2. The third-order valence-corrected chi connectivity index (χ3v) is 6.68. The predicted octanol–water partition coefficient (Wildman–Crippen LogP) is 5.33. The Kier molecular flexibility index (Phi) is 6.71. The van der Waals surface area contributed by atoms with E-state index in [1.165, 1.54) is 37.4 Å². The molecule has 0 amide bonds. The number of carbonyl (C=O) groups excluding carboxylic acids is 1. The highest BCUT2D eigenvalue weighted by Gasteiger charge is 2.19. The molecule has 0 aliphatic heterocycles. The van der Waals surface area contributed by atoms with E-state index in [0.717, 1.165) is 22.8 Å². The molecule has 1 N–H and O–H groups in total. The molecule has 1 heterocycles. The Morgan fingerprint density at radius 2 is 1.72 bits per heavy atom. The number of nitrogens with zero attached hydrogens (tertiary/aromatic N) is 1. The molecule has 4 aromatic rings. The summed E-state index contributed by atoms with van der Waals surface area (Å²) in [5, 5.41) is 0.652. The second kappa shape index (κ2) is 9.74. The van der Waals surface area contributed by atoms with Crippen molar-refractivity contribution < 1.29 is 26.7 Å². The average Bonchev–Trinajstić information content (AvgIpc) is 2.86. The number of halogens is 2. The van der Waals surface area contributed by atoms with Crippen molar-refractivity contribution in [2.24, 2.45) is 0 Å². The molecule has 7 nitrogen and oxygen atoms in total. The van der Waals surface area contributed by atoms with E-state index in [2.05, 4.69) is 11.3 Å². The molecule has 1 aromatic heterocycles. The molecule has 3 aromatic carbocycles. The molecule has 0 radical (unpaired) electrons. The lowest BCUT2D eigenvalue weighted by Gasteiger charge is -2.17. The molecule has 0 aliphatic rings. The van der Waals surface area contributed by atoms with E-state index in [1.807, 2.05) is 0 Å². The first-order valence-corrected chi connectivity index (χ1v) is 12.4. The van der Waals surface area contributed by atoms with Crippen molar-refractivity contribution in [3.63, 3.8) is 0 Å². The van der Waals surface area contributed by atoms with Crippen LogP contribution in [-0.4, -0.2) is 24.6 Å². The molecule has 0 fully saturated rings. The van der Waals surface area contributed by atoms with Crippen LogP contribution >= 0.6 is 0 Å². The molecule has 0 saturated heterocycles. The number of rotatable bonds is 7. The number of aromatic nitrogens is 1. The molecule has 4 rings (SSSR count). The van der Waals surface area contributed by atoms with Crippen molar-refractivity contribution in [3.8, 4) is 22.6 Å². The van der Waals surface area contributed by atoms with Crippen LogP contribution in [-0.2, 0) is 10.0 Å². The van der Waals surface area contributed by atoms with E-state index in [-0.39, 0.29) is 33.9 Å². The van der Waals surface area contributed by atoms with Gasteiger partial charge in [-0.1, -0.05) is 24.8 Å². The maximum atomic E-state index is 14.4. The van der Waals surface area contributed by atoms with E-state index >= 15 is 0 Å². The van der Waals surface area contributed by atoms with Crippen LogP contribution in [0.4, 0.5) is 14.5 Å². The second-order valence-corrected chi connectivity index (χ2v) is 9.71. The monoisotopic (exact) mass is 510 g/mol. The Balaban J connectivity index is 2.01. The van der Waals surface area contributed by atoms with Crippen molar-refractivity contribution in [2.45, 2.75) is 6.92 Å². The standard InChI is InChI=1S/C26H20F2N2O5S/c1-3-25(31)30-15-21(18-7-5-6-8-19(18)26(30)32)20-14-17(29-36(33,34)4-2)10-12-23(20)35-24-11-9-16(27)13-22(24)28/h3,5-15,29H,1,4H2,2H3. The van der Waals surface area contributed by atoms with Gasteiger partial charge in [-0.15, -0.1) is 0 Å². The molecular weight excluding hydrogens is 490 g/mol. The number of benzene rings is 3. The first-order chi connectivity index (χ1) is 17.1. The van der Waals surface area contributed by atoms with Gasteiger partial charge >= 0.3 is 0 Å². The Morgan fingerprint density at radius 3 is 2.39 bits per heavy atom. The number of sulfonamides is 1. The first-order valence-electron chi connectivity index (χ1n) is 10.7. The fourth-order valence-electron chi connectivity index (χ4n) is 3.59. The molecule has 0 saturated carbocycles. The van der Waals surface area contributed by atoms with E-state index in [9.17, 15) is 26.8 Å². The number of ether oxygens (including phenoxy) is 1. The van der Waals surface area contributed by atoms with Gasteiger partial charge in [0.1, 0.15) is 11.6 Å². The zero-order valence-electron chi connectivity index (χ0n) is 19.0. The molecule has 0 unspecified atom stereocenters. The molecular formula is C26H20F2N2O5S. The predicted molar refractivity (Wildman–Crippen MR) is 134 cm³/mol. The van der Waals surface area contributed by atoms with Gasteiger partial charge in [-0.3, -0.25) is 14.3 Å². The van der Waals surface area contributed by atoms with E-state index < -0.39 is 33.1 Å². The topological polar surface area (TPSA) is 94.5 Å². The minimum atomic E-state index is -3.64. The van der Waals surface area contributed by atoms with Gasteiger partial charge in [-0.2, -0.15) is 0 Å². The maximum absolute atomic E-state index is 14.4. The number of allylic oxidation sites excluding steroid dienone is 1. The zero-order chi connectivity index (χ0) is 26.0. The van der Waals surface area contributed by atoms with Crippen molar-refractivity contribution in [1.82, 2.24) is 4.57 Å². The third-order valence-electron chi connectivity index (χ3n) is 5.37. The minimum Gasteiger partial charge on any atom is -0.454 e.